The van der Waals surface area contributed by atoms with E-state index in [9.17, 15) is 4.39 Å². The van der Waals surface area contributed by atoms with Gasteiger partial charge in [0.25, 0.3) is 5.22 Å². The van der Waals surface area contributed by atoms with Gasteiger partial charge in [-0.05, 0) is 42.4 Å². The molecule has 3 nitrogen and oxygen atoms in total. The van der Waals surface area contributed by atoms with Crippen molar-refractivity contribution >= 4 is 11.8 Å². The molecular formula is C13H15FN2OS. The van der Waals surface area contributed by atoms with Crippen LogP contribution in [0.1, 0.15) is 18.9 Å². The van der Waals surface area contributed by atoms with Gasteiger partial charge in [-0.2, -0.15) is 0 Å². The van der Waals surface area contributed by atoms with Gasteiger partial charge in [-0.15, -0.1) is 0 Å². The summed E-state index contributed by atoms with van der Waals surface area (Å²) in [4.78, 5) is 4.48. The van der Waals surface area contributed by atoms with Crippen LogP contribution in [0.15, 0.2) is 45.2 Å². The zero-order valence-electron chi connectivity index (χ0n) is 10.1. The molecule has 0 amide bonds. The standard InChI is InChI=1S/C13H15FN2OS/c1-2-5-15-9-10-3-4-12(11(14)8-10)18-13-16-6-7-17-13/h3-4,6-8,15H,2,5,9H2,1H3. The van der Waals surface area contributed by atoms with Gasteiger partial charge < -0.3 is 9.73 Å². The molecule has 0 saturated heterocycles. The predicted octanol–water partition coefficient (Wildman–Crippen LogP) is 3.46. The van der Waals surface area contributed by atoms with Gasteiger partial charge >= 0.3 is 0 Å². The largest absolute Gasteiger partial charge is 0.440 e. The Morgan fingerprint density at radius 1 is 1.44 bits per heavy atom. The first-order valence-corrected chi connectivity index (χ1v) is 6.67. The van der Waals surface area contributed by atoms with Crippen molar-refractivity contribution in [3.8, 4) is 0 Å². The van der Waals surface area contributed by atoms with E-state index >= 15 is 0 Å². The summed E-state index contributed by atoms with van der Waals surface area (Å²) < 4.78 is 18.9. The third-order valence-electron chi connectivity index (χ3n) is 2.36. The van der Waals surface area contributed by atoms with Gasteiger partial charge in [-0.3, -0.25) is 0 Å². The lowest BCUT2D eigenvalue weighted by Crippen LogP contribution is -2.13. The monoisotopic (exact) mass is 266 g/mol. The number of oxazole rings is 1. The van der Waals surface area contributed by atoms with E-state index in [1.807, 2.05) is 6.07 Å². The van der Waals surface area contributed by atoms with Crippen LogP contribution >= 0.6 is 11.8 Å². The molecule has 2 rings (SSSR count). The molecule has 5 heteroatoms. The maximum Gasteiger partial charge on any atom is 0.260 e. The molecular weight excluding hydrogens is 251 g/mol. The Kier molecular flexibility index (Phi) is 4.78. The van der Waals surface area contributed by atoms with Crippen molar-refractivity contribution in [2.75, 3.05) is 6.54 Å². The minimum Gasteiger partial charge on any atom is -0.440 e. The van der Waals surface area contributed by atoms with Crippen molar-refractivity contribution in [1.82, 2.24) is 10.3 Å². The predicted molar refractivity (Wildman–Crippen MR) is 69.0 cm³/mol. The summed E-state index contributed by atoms with van der Waals surface area (Å²) in [6, 6.07) is 5.22. The Hall–Kier alpha value is -1.33. The summed E-state index contributed by atoms with van der Waals surface area (Å²) in [7, 11) is 0. The Morgan fingerprint density at radius 3 is 3.00 bits per heavy atom. The normalized spacial score (nSPS) is 10.8. The van der Waals surface area contributed by atoms with Crippen molar-refractivity contribution in [1.29, 1.82) is 0 Å². The minimum absolute atomic E-state index is 0.242. The lowest BCUT2D eigenvalue weighted by molar-refractivity contribution is 0.453. The average molecular weight is 266 g/mol. The molecule has 0 spiro atoms. The number of aromatic nitrogens is 1. The number of nitrogens with zero attached hydrogens (tertiary/aromatic N) is 1. The van der Waals surface area contributed by atoms with Gasteiger partial charge in [0.1, 0.15) is 12.1 Å². The van der Waals surface area contributed by atoms with Crippen LogP contribution in [-0.4, -0.2) is 11.5 Å². The van der Waals surface area contributed by atoms with E-state index in [2.05, 4.69) is 17.2 Å². The molecule has 1 aromatic carbocycles. The Balaban J connectivity index is 2.01. The molecule has 2 aromatic rings. The number of benzene rings is 1. The Morgan fingerprint density at radius 2 is 2.33 bits per heavy atom. The zero-order chi connectivity index (χ0) is 12.8. The van der Waals surface area contributed by atoms with Crippen LogP contribution in [0.3, 0.4) is 0 Å². The van der Waals surface area contributed by atoms with Crippen molar-refractivity contribution in [3.63, 3.8) is 0 Å². The van der Waals surface area contributed by atoms with E-state index in [0.717, 1.165) is 18.5 Å². The molecule has 0 fully saturated rings. The average Bonchev–Trinajstić information content (AvgIpc) is 2.86. The third-order valence-corrected chi connectivity index (χ3v) is 3.29. The highest BCUT2D eigenvalue weighted by Gasteiger charge is 2.08. The molecule has 0 aliphatic rings. The van der Waals surface area contributed by atoms with Crippen LogP contribution in [0, 0.1) is 5.82 Å². The van der Waals surface area contributed by atoms with E-state index in [1.165, 1.54) is 18.0 Å². The first-order chi connectivity index (χ1) is 8.79. The minimum atomic E-state index is -0.242. The Labute approximate surface area is 110 Å². The molecule has 0 atom stereocenters. The lowest BCUT2D eigenvalue weighted by atomic mass is 10.2. The fraction of sp³-hybridized carbons (Fsp3) is 0.308. The molecule has 96 valence electrons. The van der Waals surface area contributed by atoms with E-state index in [4.69, 9.17) is 4.42 Å². The highest BCUT2D eigenvalue weighted by Crippen LogP contribution is 2.28. The van der Waals surface area contributed by atoms with Gasteiger partial charge in [-0.25, -0.2) is 9.37 Å². The van der Waals surface area contributed by atoms with E-state index < -0.39 is 0 Å². The van der Waals surface area contributed by atoms with Crippen molar-refractivity contribution in [2.45, 2.75) is 30.0 Å². The molecule has 1 aromatic heterocycles. The smallest absolute Gasteiger partial charge is 0.260 e. The highest BCUT2D eigenvalue weighted by molar-refractivity contribution is 7.99. The van der Waals surface area contributed by atoms with Crippen LogP contribution in [0.4, 0.5) is 4.39 Å². The second kappa shape index (κ2) is 6.56. The number of hydrogen-bond acceptors (Lipinski definition) is 4. The van der Waals surface area contributed by atoms with E-state index in [1.54, 1.807) is 18.3 Å². The van der Waals surface area contributed by atoms with Gasteiger partial charge in [0.05, 0.1) is 11.1 Å². The summed E-state index contributed by atoms with van der Waals surface area (Å²) in [5.74, 6) is -0.242. The van der Waals surface area contributed by atoms with Crippen LogP contribution < -0.4 is 5.32 Å². The second-order valence-electron chi connectivity index (χ2n) is 3.84. The summed E-state index contributed by atoms with van der Waals surface area (Å²) in [5, 5.41) is 3.69. The molecule has 0 aliphatic heterocycles. The summed E-state index contributed by atoms with van der Waals surface area (Å²) in [6.45, 7) is 3.73. The SMILES string of the molecule is CCCNCc1ccc(Sc2ncco2)c(F)c1. The quantitative estimate of drug-likeness (QED) is 0.812. The summed E-state index contributed by atoms with van der Waals surface area (Å²) >= 11 is 1.18. The first-order valence-electron chi connectivity index (χ1n) is 5.86. The van der Waals surface area contributed by atoms with Crippen molar-refractivity contribution < 1.29 is 8.81 Å². The third kappa shape index (κ3) is 3.58. The van der Waals surface area contributed by atoms with E-state index in [0.29, 0.717) is 16.7 Å². The molecule has 18 heavy (non-hydrogen) atoms. The maximum absolute atomic E-state index is 13.8. The zero-order valence-corrected chi connectivity index (χ0v) is 11.0. The fourth-order valence-corrected chi connectivity index (χ4v) is 2.20. The number of halogens is 1. The summed E-state index contributed by atoms with van der Waals surface area (Å²) in [5.41, 5.74) is 0.942. The molecule has 0 unspecified atom stereocenters. The highest BCUT2D eigenvalue weighted by atomic mass is 32.2. The molecule has 0 saturated carbocycles. The topological polar surface area (TPSA) is 38.1 Å². The van der Waals surface area contributed by atoms with Crippen molar-refractivity contribution in [2.24, 2.45) is 0 Å². The van der Waals surface area contributed by atoms with Gasteiger partial charge in [0, 0.05) is 6.54 Å². The number of nitrogens with one attached hydrogen (secondary N) is 1. The van der Waals surface area contributed by atoms with Crippen LogP contribution in [0.5, 0.6) is 0 Å². The molecule has 0 radical (unpaired) electrons. The van der Waals surface area contributed by atoms with Crippen LogP contribution in [-0.2, 0) is 6.54 Å². The van der Waals surface area contributed by atoms with Gasteiger partial charge in [0.15, 0.2) is 0 Å². The van der Waals surface area contributed by atoms with Gasteiger partial charge in [0.2, 0.25) is 0 Å². The molecule has 1 heterocycles. The first kappa shape index (κ1) is 13.1. The second-order valence-corrected chi connectivity index (χ2v) is 4.83. The summed E-state index contributed by atoms with van der Waals surface area (Å²) in [6.07, 6.45) is 4.09. The lowest BCUT2D eigenvalue weighted by Gasteiger charge is -2.05. The fourth-order valence-electron chi connectivity index (χ4n) is 1.50. The van der Waals surface area contributed by atoms with Crippen molar-refractivity contribution in [3.05, 3.63) is 42.0 Å². The van der Waals surface area contributed by atoms with Crippen LogP contribution in [0.2, 0.25) is 0 Å². The number of hydrogen-bond donors (Lipinski definition) is 1. The maximum atomic E-state index is 13.8. The Bertz CT molecular complexity index is 488. The van der Waals surface area contributed by atoms with Crippen LogP contribution in [0.25, 0.3) is 0 Å². The molecule has 1 N–H and O–H groups in total. The number of rotatable bonds is 6. The van der Waals surface area contributed by atoms with E-state index in [-0.39, 0.29) is 5.82 Å². The molecule has 0 bridgehead atoms. The molecule has 0 aliphatic carbocycles. The van der Waals surface area contributed by atoms with Gasteiger partial charge in [-0.1, -0.05) is 13.0 Å².